The Morgan fingerprint density at radius 2 is 1.57 bits per heavy atom. The van der Waals surface area contributed by atoms with Gasteiger partial charge in [-0.15, -0.1) is 5.10 Å². The highest BCUT2D eigenvalue weighted by molar-refractivity contribution is 6.30. The van der Waals surface area contributed by atoms with Crippen LogP contribution in [0.25, 0.3) is 11.5 Å². The second-order valence-electron chi connectivity index (χ2n) is 10.1. The van der Waals surface area contributed by atoms with Gasteiger partial charge in [0.2, 0.25) is 5.89 Å². The summed E-state index contributed by atoms with van der Waals surface area (Å²) in [6, 6.07) is 15.9. The standard InChI is InChI=1S/C32H34ClF3N4O4/c1-4-38(5-2)17-18-39(6-3)20-22-7-9-24(10-8-22)30(41)43-28-16-15-27(33)19-25(28)21-40-31(42)44-29(37-40)23-11-13-26(14-12-23)32(34,35)36/h7-16,19H,4-6,17-18,20-21H2,1-3H3. The number of carbonyl (C=O) groups excluding carboxylic acids is 1. The molecule has 0 aliphatic carbocycles. The minimum atomic E-state index is -4.50. The van der Waals surface area contributed by atoms with Gasteiger partial charge in [-0.25, -0.2) is 9.59 Å². The maximum absolute atomic E-state index is 13.0. The largest absolute Gasteiger partial charge is 0.437 e. The SMILES string of the molecule is CCN(CC)CCN(CC)Cc1ccc(C(=O)Oc2ccc(Cl)cc2Cn2nc(-c3ccc(C(F)(F)F)cc3)oc2=O)cc1. The predicted octanol–water partition coefficient (Wildman–Crippen LogP) is 6.61. The number of halogens is 4. The van der Waals surface area contributed by atoms with E-state index in [1.165, 1.54) is 24.3 Å². The monoisotopic (exact) mass is 630 g/mol. The van der Waals surface area contributed by atoms with E-state index in [1.54, 1.807) is 18.2 Å². The van der Waals surface area contributed by atoms with Crippen molar-refractivity contribution in [3.05, 3.63) is 105 Å². The quantitative estimate of drug-likeness (QED) is 0.122. The van der Waals surface area contributed by atoms with E-state index in [0.29, 0.717) is 16.1 Å². The van der Waals surface area contributed by atoms with Crippen molar-refractivity contribution < 1.29 is 27.1 Å². The first-order valence-electron chi connectivity index (χ1n) is 14.3. The first kappa shape index (κ1) is 33.0. The Bertz CT molecular complexity index is 1600. The number of hydrogen-bond donors (Lipinski definition) is 0. The normalized spacial score (nSPS) is 11.8. The third-order valence-electron chi connectivity index (χ3n) is 7.28. The number of aromatic nitrogens is 2. The first-order valence-corrected chi connectivity index (χ1v) is 14.7. The molecule has 0 N–H and O–H groups in total. The number of nitrogens with zero attached hydrogens (tertiary/aromatic N) is 4. The summed E-state index contributed by atoms with van der Waals surface area (Å²) in [5.74, 6) is -1.42. The number of rotatable bonds is 13. The van der Waals surface area contributed by atoms with E-state index in [1.807, 2.05) is 12.1 Å². The van der Waals surface area contributed by atoms with E-state index in [9.17, 15) is 22.8 Å². The van der Waals surface area contributed by atoms with Crippen molar-refractivity contribution in [2.24, 2.45) is 0 Å². The molecule has 4 rings (SSSR count). The van der Waals surface area contributed by atoms with Gasteiger partial charge in [0, 0.05) is 35.8 Å². The smallest absolute Gasteiger partial charge is 0.423 e. The number of benzene rings is 3. The molecule has 0 fully saturated rings. The highest BCUT2D eigenvalue weighted by Crippen LogP contribution is 2.31. The van der Waals surface area contributed by atoms with Crippen molar-refractivity contribution in [3.8, 4) is 17.2 Å². The lowest BCUT2D eigenvalue weighted by atomic mass is 10.1. The Labute approximate surface area is 258 Å². The van der Waals surface area contributed by atoms with Crippen LogP contribution < -0.4 is 10.5 Å². The Kier molecular flexibility index (Phi) is 11.0. The first-order chi connectivity index (χ1) is 21.0. The van der Waals surface area contributed by atoms with Gasteiger partial charge < -0.3 is 14.1 Å². The number of hydrogen-bond acceptors (Lipinski definition) is 7. The molecule has 0 saturated heterocycles. The van der Waals surface area contributed by atoms with Crippen molar-refractivity contribution in [1.82, 2.24) is 19.6 Å². The number of alkyl halides is 3. The second kappa shape index (κ2) is 14.7. The van der Waals surface area contributed by atoms with Gasteiger partial charge in [0.05, 0.1) is 17.7 Å². The minimum Gasteiger partial charge on any atom is -0.423 e. The van der Waals surface area contributed by atoms with Crippen LogP contribution in [0, 0.1) is 0 Å². The van der Waals surface area contributed by atoms with Crippen LogP contribution in [0.3, 0.4) is 0 Å². The van der Waals surface area contributed by atoms with Crippen molar-refractivity contribution in [3.63, 3.8) is 0 Å². The molecule has 4 aromatic rings. The van der Waals surface area contributed by atoms with Gasteiger partial charge in [0.15, 0.2) is 0 Å². The molecule has 0 unspecified atom stereocenters. The molecular formula is C32H34ClF3N4O4. The molecule has 0 spiro atoms. The summed E-state index contributed by atoms with van der Waals surface area (Å²) in [6.45, 7) is 11.9. The van der Waals surface area contributed by atoms with Crippen LogP contribution in [0.2, 0.25) is 5.02 Å². The van der Waals surface area contributed by atoms with E-state index in [-0.39, 0.29) is 23.7 Å². The van der Waals surface area contributed by atoms with Gasteiger partial charge in [0.25, 0.3) is 0 Å². The molecule has 1 heterocycles. The number of esters is 1. The molecule has 3 aromatic carbocycles. The summed E-state index contributed by atoms with van der Waals surface area (Å²) in [7, 11) is 0. The molecule has 0 aliphatic heterocycles. The molecular weight excluding hydrogens is 597 g/mol. The minimum absolute atomic E-state index is 0.154. The van der Waals surface area contributed by atoms with Crippen molar-refractivity contribution in [2.75, 3.05) is 32.7 Å². The molecule has 0 radical (unpaired) electrons. The average molecular weight is 631 g/mol. The summed E-state index contributed by atoms with van der Waals surface area (Å²) >= 11 is 6.19. The van der Waals surface area contributed by atoms with Gasteiger partial charge in [-0.2, -0.15) is 17.9 Å². The van der Waals surface area contributed by atoms with Crippen molar-refractivity contribution >= 4 is 17.6 Å². The lowest BCUT2D eigenvalue weighted by Crippen LogP contribution is -2.34. The van der Waals surface area contributed by atoms with E-state index in [0.717, 1.165) is 61.6 Å². The van der Waals surface area contributed by atoms with Crippen LogP contribution in [0.15, 0.2) is 75.9 Å². The number of carbonyl (C=O) groups is 1. The van der Waals surface area contributed by atoms with E-state index >= 15 is 0 Å². The van der Waals surface area contributed by atoms with E-state index in [2.05, 4.69) is 35.7 Å². The molecule has 0 bridgehead atoms. The zero-order valence-corrected chi connectivity index (χ0v) is 25.5. The maximum Gasteiger partial charge on any atom is 0.437 e. The highest BCUT2D eigenvalue weighted by Gasteiger charge is 2.30. The molecule has 0 saturated carbocycles. The second-order valence-corrected chi connectivity index (χ2v) is 10.6. The molecule has 0 aliphatic rings. The molecule has 44 heavy (non-hydrogen) atoms. The zero-order chi connectivity index (χ0) is 31.9. The van der Waals surface area contributed by atoms with Crippen LogP contribution >= 0.6 is 11.6 Å². The summed E-state index contributed by atoms with van der Waals surface area (Å²) in [6.07, 6.45) is -4.50. The molecule has 0 atom stereocenters. The molecule has 12 heteroatoms. The van der Waals surface area contributed by atoms with Crippen LogP contribution in [-0.4, -0.2) is 58.3 Å². The fourth-order valence-corrected chi connectivity index (χ4v) is 4.79. The highest BCUT2D eigenvalue weighted by atomic mass is 35.5. The fourth-order valence-electron chi connectivity index (χ4n) is 4.59. The van der Waals surface area contributed by atoms with Crippen LogP contribution in [0.4, 0.5) is 13.2 Å². The Balaban J connectivity index is 1.45. The fraction of sp³-hybridized carbons (Fsp3) is 0.344. The van der Waals surface area contributed by atoms with E-state index in [4.69, 9.17) is 20.8 Å². The maximum atomic E-state index is 13.0. The Morgan fingerprint density at radius 3 is 2.18 bits per heavy atom. The topological polar surface area (TPSA) is 80.8 Å². The van der Waals surface area contributed by atoms with Gasteiger partial charge in [0.1, 0.15) is 5.75 Å². The number of likely N-dealkylation sites (N-methyl/N-ethyl adjacent to an activating group) is 2. The van der Waals surface area contributed by atoms with Crippen LogP contribution in [-0.2, 0) is 19.3 Å². The average Bonchev–Trinajstić information content (AvgIpc) is 3.37. The third-order valence-corrected chi connectivity index (χ3v) is 7.52. The van der Waals surface area contributed by atoms with Crippen LogP contribution in [0.5, 0.6) is 5.75 Å². The Hall–Kier alpha value is -3.93. The van der Waals surface area contributed by atoms with Crippen LogP contribution in [0.1, 0.15) is 47.8 Å². The molecule has 234 valence electrons. The lowest BCUT2D eigenvalue weighted by molar-refractivity contribution is -0.137. The molecule has 1 aromatic heterocycles. The summed E-state index contributed by atoms with van der Waals surface area (Å²) in [4.78, 5) is 30.3. The predicted molar refractivity (Wildman–Crippen MR) is 162 cm³/mol. The lowest BCUT2D eigenvalue weighted by Gasteiger charge is -2.25. The summed E-state index contributed by atoms with van der Waals surface area (Å²) < 4.78 is 50.5. The van der Waals surface area contributed by atoms with Gasteiger partial charge in [-0.3, -0.25) is 4.90 Å². The number of ether oxygens (including phenoxy) is 1. The summed E-state index contributed by atoms with van der Waals surface area (Å²) in [5, 5.41) is 4.45. The Morgan fingerprint density at radius 1 is 0.932 bits per heavy atom. The van der Waals surface area contributed by atoms with Gasteiger partial charge in [-0.05, 0) is 79.8 Å². The van der Waals surface area contributed by atoms with Crippen molar-refractivity contribution in [1.29, 1.82) is 0 Å². The third kappa shape index (κ3) is 8.58. The van der Waals surface area contributed by atoms with Gasteiger partial charge >= 0.3 is 17.9 Å². The summed E-state index contributed by atoms with van der Waals surface area (Å²) in [5.41, 5.74) is 1.16. The van der Waals surface area contributed by atoms with Crippen molar-refractivity contribution in [2.45, 2.75) is 40.0 Å². The zero-order valence-electron chi connectivity index (χ0n) is 24.7. The molecule has 8 nitrogen and oxygen atoms in total. The molecule has 0 amide bonds. The van der Waals surface area contributed by atoms with Gasteiger partial charge in [-0.1, -0.05) is 44.5 Å². The van der Waals surface area contributed by atoms with E-state index < -0.39 is 23.5 Å².